The Morgan fingerprint density at radius 1 is 1.00 bits per heavy atom. The van der Waals surface area contributed by atoms with Crippen LogP contribution in [0.1, 0.15) is 31.0 Å². The fraction of sp³-hybridized carbons (Fsp3) is 0.222. The lowest BCUT2D eigenvalue weighted by Gasteiger charge is -2.28. The maximum atomic E-state index is 13.1. The molecule has 1 unspecified atom stereocenters. The van der Waals surface area contributed by atoms with Crippen LogP contribution in [0.15, 0.2) is 54.6 Å². The molecule has 0 aliphatic rings. The second kappa shape index (κ2) is 5.90. The molecule has 0 spiro atoms. The van der Waals surface area contributed by atoms with Gasteiger partial charge in [-0.1, -0.05) is 48.4 Å². The van der Waals surface area contributed by atoms with E-state index in [1.54, 1.807) is 12.1 Å². The van der Waals surface area contributed by atoms with Crippen LogP contribution >= 0.6 is 0 Å². The van der Waals surface area contributed by atoms with Gasteiger partial charge in [0.1, 0.15) is 5.82 Å². The molecule has 2 aromatic rings. The number of hydrogen-bond donors (Lipinski definition) is 1. The maximum Gasteiger partial charge on any atom is 0.123 e. The van der Waals surface area contributed by atoms with Crippen LogP contribution in [0.2, 0.25) is 0 Å². The molecule has 2 heteroatoms. The highest BCUT2D eigenvalue weighted by molar-refractivity contribution is 5.33. The Kier molecular flexibility index (Phi) is 4.22. The second-order valence-electron chi connectivity index (χ2n) is 5.31. The number of benzene rings is 2. The Morgan fingerprint density at radius 2 is 1.55 bits per heavy atom. The molecule has 0 fully saturated rings. The van der Waals surface area contributed by atoms with Crippen molar-refractivity contribution in [2.24, 2.45) is 0 Å². The molecule has 0 saturated heterocycles. The standard InChI is InChI=1S/C18H18FN/c1-4-18(2,3)20-17(14-8-6-5-7-9-14)15-10-12-16(19)13-11-15/h1,5-13,17,20H,2-3H3. The SMILES string of the molecule is C#CC(C)(C)NC(c1ccccc1)c1ccc(F)cc1. The summed E-state index contributed by atoms with van der Waals surface area (Å²) < 4.78 is 13.1. The van der Waals surface area contributed by atoms with Gasteiger partial charge in [-0.05, 0) is 37.1 Å². The predicted molar refractivity (Wildman–Crippen MR) is 80.7 cm³/mol. The highest BCUT2D eigenvalue weighted by Gasteiger charge is 2.22. The zero-order chi connectivity index (χ0) is 14.6. The summed E-state index contributed by atoms with van der Waals surface area (Å²) in [6.07, 6.45) is 5.56. The fourth-order valence-electron chi connectivity index (χ4n) is 2.06. The molecule has 0 aromatic heterocycles. The topological polar surface area (TPSA) is 12.0 Å². The second-order valence-corrected chi connectivity index (χ2v) is 5.31. The van der Waals surface area contributed by atoms with Crippen LogP contribution in [0, 0.1) is 18.2 Å². The molecule has 0 amide bonds. The number of nitrogens with one attached hydrogen (secondary N) is 1. The third-order valence-corrected chi connectivity index (χ3v) is 3.20. The molecule has 20 heavy (non-hydrogen) atoms. The lowest BCUT2D eigenvalue weighted by atomic mass is 9.95. The molecular weight excluding hydrogens is 249 g/mol. The van der Waals surface area contributed by atoms with Crippen molar-refractivity contribution < 1.29 is 4.39 Å². The molecular formula is C18H18FN. The van der Waals surface area contributed by atoms with Crippen molar-refractivity contribution in [3.63, 3.8) is 0 Å². The smallest absolute Gasteiger partial charge is 0.123 e. The fourth-order valence-corrected chi connectivity index (χ4v) is 2.06. The third kappa shape index (κ3) is 3.46. The van der Waals surface area contributed by atoms with Gasteiger partial charge in [0.05, 0.1) is 11.6 Å². The Morgan fingerprint density at radius 3 is 2.10 bits per heavy atom. The normalized spacial score (nSPS) is 12.7. The quantitative estimate of drug-likeness (QED) is 0.828. The van der Waals surface area contributed by atoms with E-state index in [4.69, 9.17) is 6.42 Å². The van der Waals surface area contributed by atoms with Crippen LogP contribution in [0.4, 0.5) is 4.39 Å². The first-order chi connectivity index (χ1) is 9.52. The van der Waals surface area contributed by atoms with Gasteiger partial charge in [-0.25, -0.2) is 4.39 Å². The van der Waals surface area contributed by atoms with Crippen LogP contribution in [-0.2, 0) is 0 Å². The molecule has 1 N–H and O–H groups in total. The molecule has 0 saturated carbocycles. The van der Waals surface area contributed by atoms with E-state index in [1.165, 1.54) is 12.1 Å². The van der Waals surface area contributed by atoms with Crippen LogP contribution in [0.3, 0.4) is 0 Å². The molecule has 2 aromatic carbocycles. The number of terminal acetylenes is 1. The van der Waals surface area contributed by atoms with Crippen molar-refractivity contribution in [3.05, 3.63) is 71.5 Å². The van der Waals surface area contributed by atoms with Gasteiger partial charge in [-0.3, -0.25) is 5.32 Å². The van der Waals surface area contributed by atoms with Gasteiger partial charge >= 0.3 is 0 Å². The number of rotatable bonds is 4. The van der Waals surface area contributed by atoms with E-state index in [0.29, 0.717) is 0 Å². The summed E-state index contributed by atoms with van der Waals surface area (Å²) in [5.41, 5.74) is 1.64. The van der Waals surface area contributed by atoms with Gasteiger partial charge in [0.2, 0.25) is 0 Å². The average Bonchev–Trinajstić information content (AvgIpc) is 2.47. The van der Waals surface area contributed by atoms with E-state index in [2.05, 4.69) is 11.2 Å². The number of hydrogen-bond acceptors (Lipinski definition) is 1. The minimum absolute atomic E-state index is 0.0668. The van der Waals surface area contributed by atoms with Gasteiger partial charge in [-0.2, -0.15) is 0 Å². The molecule has 0 radical (unpaired) electrons. The summed E-state index contributed by atoms with van der Waals surface area (Å²) in [7, 11) is 0. The van der Waals surface area contributed by atoms with Crippen LogP contribution in [0.5, 0.6) is 0 Å². The Hall–Kier alpha value is -2.11. The van der Waals surface area contributed by atoms with E-state index in [0.717, 1.165) is 11.1 Å². The summed E-state index contributed by atoms with van der Waals surface area (Å²) >= 11 is 0. The molecule has 1 atom stereocenters. The zero-order valence-corrected chi connectivity index (χ0v) is 11.7. The summed E-state index contributed by atoms with van der Waals surface area (Å²) in [6, 6.07) is 16.4. The lowest BCUT2D eigenvalue weighted by molar-refractivity contribution is 0.448. The highest BCUT2D eigenvalue weighted by Crippen LogP contribution is 2.24. The monoisotopic (exact) mass is 267 g/mol. The lowest BCUT2D eigenvalue weighted by Crippen LogP contribution is -2.40. The van der Waals surface area contributed by atoms with Crippen molar-refractivity contribution in [3.8, 4) is 12.3 Å². The Balaban J connectivity index is 2.40. The molecule has 102 valence electrons. The van der Waals surface area contributed by atoms with E-state index in [1.807, 2.05) is 44.2 Å². The zero-order valence-electron chi connectivity index (χ0n) is 11.7. The molecule has 0 heterocycles. The molecule has 0 bridgehead atoms. The van der Waals surface area contributed by atoms with Crippen LogP contribution in [0.25, 0.3) is 0 Å². The van der Waals surface area contributed by atoms with Crippen molar-refractivity contribution in [2.75, 3.05) is 0 Å². The van der Waals surface area contributed by atoms with Gasteiger partial charge < -0.3 is 0 Å². The summed E-state index contributed by atoms with van der Waals surface area (Å²) in [6.45, 7) is 3.90. The average molecular weight is 267 g/mol. The third-order valence-electron chi connectivity index (χ3n) is 3.20. The largest absolute Gasteiger partial charge is 0.291 e. The summed E-state index contributed by atoms with van der Waals surface area (Å²) in [5, 5.41) is 3.44. The van der Waals surface area contributed by atoms with E-state index in [-0.39, 0.29) is 11.9 Å². The van der Waals surface area contributed by atoms with Crippen LogP contribution < -0.4 is 5.32 Å². The van der Waals surface area contributed by atoms with E-state index < -0.39 is 5.54 Å². The molecule has 0 aliphatic carbocycles. The molecule has 0 aliphatic heterocycles. The van der Waals surface area contributed by atoms with Crippen molar-refractivity contribution in [1.29, 1.82) is 0 Å². The summed E-state index contributed by atoms with van der Waals surface area (Å²) in [5.74, 6) is 2.50. The van der Waals surface area contributed by atoms with Crippen molar-refractivity contribution in [2.45, 2.75) is 25.4 Å². The van der Waals surface area contributed by atoms with E-state index in [9.17, 15) is 4.39 Å². The van der Waals surface area contributed by atoms with Crippen molar-refractivity contribution in [1.82, 2.24) is 5.32 Å². The number of halogens is 1. The first-order valence-electron chi connectivity index (χ1n) is 6.58. The first kappa shape index (κ1) is 14.3. The predicted octanol–water partition coefficient (Wildman–Crippen LogP) is 3.92. The van der Waals surface area contributed by atoms with E-state index >= 15 is 0 Å². The van der Waals surface area contributed by atoms with Gasteiger partial charge in [0.15, 0.2) is 0 Å². The molecule has 2 rings (SSSR count). The maximum absolute atomic E-state index is 13.1. The van der Waals surface area contributed by atoms with Gasteiger partial charge in [-0.15, -0.1) is 6.42 Å². The van der Waals surface area contributed by atoms with Crippen molar-refractivity contribution >= 4 is 0 Å². The Labute approximate surface area is 119 Å². The van der Waals surface area contributed by atoms with Crippen LogP contribution in [-0.4, -0.2) is 5.54 Å². The summed E-state index contributed by atoms with van der Waals surface area (Å²) in [4.78, 5) is 0. The van der Waals surface area contributed by atoms with Gasteiger partial charge in [0.25, 0.3) is 0 Å². The minimum Gasteiger partial charge on any atom is -0.291 e. The molecule has 1 nitrogen and oxygen atoms in total. The highest BCUT2D eigenvalue weighted by atomic mass is 19.1. The van der Waals surface area contributed by atoms with Gasteiger partial charge in [0, 0.05) is 0 Å². The Bertz CT molecular complexity index is 594. The first-order valence-corrected chi connectivity index (χ1v) is 6.58. The minimum atomic E-state index is -0.450.